The lowest BCUT2D eigenvalue weighted by molar-refractivity contribution is 0.128. The SMILES string of the molecule is CC1(C)CC(Cc2ccc(-c3ccc(CP)cc3)cc2)CC(C)(C)N1. The van der Waals surface area contributed by atoms with Crippen molar-refractivity contribution < 1.29 is 0 Å². The van der Waals surface area contributed by atoms with E-state index in [0.29, 0.717) is 0 Å². The van der Waals surface area contributed by atoms with Crippen LogP contribution in [0, 0.1) is 5.92 Å². The van der Waals surface area contributed by atoms with E-state index in [2.05, 4.69) is 90.8 Å². The van der Waals surface area contributed by atoms with Gasteiger partial charge in [0.1, 0.15) is 0 Å². The predicted molar refractivity (Wildman–Crippen MR) is 113 cm³/mol. The smallest absolute Gasteiger partial charge is 0.0132 e. The Morgan fingerprint density at radius 2 is 1.24 bits per heavy atom. The van der Waals surface area contributed by atoms with Gasteiger partial charge in [0.25, 0.3) is 0 Å². The molecule has 1 aliphatic rings. The largest absolute Gasteiger partial charge is 0.307 e. The third kappa shape index (κ3) is 4.93. The topological polar surface area (TPSA) is 12.0 Å². The molecule has 1 nitrogen and oxygen atoms in total. The van der Waals surface area contributed by atoms with Crippen LogP contribution in [0.15, 0.2) is 48.5 Å². The molecule has 1 saturated heterocycles. The molecule has 1 fully saturated rings. The van der Waals surface area contributed by atoms with Gasteiger partial charge in [-0.25, -0.2) is 0 Å². The molecule has 0 aliphatic carbocycles. The van der Waals surface area contributed by atoms with E-state index >= 15 is 0 Å². The van der Waals surface area contributed by atoms with E-state index < -0.39 is 0 Å². The summed E-state index contributed by atoms with van der Waals surface area (Å²) >= 11 is 0. The van der Waals surface area contributed by atoms with Crippen molar-refractivity contribution in [3.63, 3.8) is 0 Å². The lowest BCUT2D eigenvalue weighted by atomic mass is 9.74. The van der Waals surface area contributed by atoms with E-state index in [0.717, 1.165) is 12.1 Å². The maximum absolute atomic E-state index is 3.79. The highest BCUT2D eigenvalue weighted by atomic mass is 31.0. The summed E-state index contributed by atoms with van der Waals surface area (Å²) in [4.78, 5) is 0. The van der Waals surface area contributed by atoms with Gasteiger partial charge in [0.15, 0.2) is 0 Å². The summed E-state index contributed by atoms with van der Waals surface area (Å²) in [6, 6.07) is 18.1. The molecule has 2 aromatic carbocycles. The number of hydrogen-bond acceptors (Lipinski definition) is 1. The van der Waals surface area contributed by atoms with Crippen LogP contribution in [0.1, 0.15) is 51.7 Å². The van der Waals surface area contributed by atoms with E-state index in [1.54, 1.807) is 0 Å². The minimum Gasteiger partial charge on any atom is -0.307 e. The van der Waals surface area contributed by atoms with Crippen molar-refractivity contribution in [2.45, 2.75) is 64.2 Å². The van der Waals surface area contributed by atoms with E-state index in [-0.39, 0.29) is 11.1 Å². The molecule has 1 aliphatic heterocycles. The van der Waals surface area contributed by atoms with Crippen LogP contribution in [0.5, 0.6) is 0 Å². The van der Waals surface area contributed by atoms with E-state index in [1.165, 1.54) is 41.5 Å². The fourth-order valence-electron chi connectivity index (χ4n) is 4.68. The zero-order chi connectivity index (χ0) is 18.1. The van der Waals surface area contributed by atoms with Crippen LogP contribution in [0.25, 0.3) is 11.1 Å². The van der Waals surface area contributed by atoms with Gasteiger partial charge in [-0.1, -0.05) is 48.5 Å². The average Bonchev–Trinajstić information content (AvgIpc) is 2.53. The fourth-order valence-corrected chi connectivity index (χ4v) is 4.95. The van der Waals surface area contributed by atoms with Crippen LogP contribution >= 0.6 is 9.24 Å². The molecule has 2 heteroatoms. The van der Waals surface area contributed by atoms with Crippen LogP contribution < -0.4 is 5.32 Å². The lowest BCUT2D eigenvalue weighted by Crippen LogP contribution is -2.58. The van der Waals surface area contributed by atoms with Crippen molar-refractivity contribution in [3.05, 3.63) is 59.7 Å². The normalized spacial score (nSPS) is 19.7. The number of nitrogens with one attached hydrogen (secondary N) is 1. The molecular formula is C23H32NP. The summed E-state index contributed by atoms with van der Waals surface area (Å²) in [5.41, 5.74) is 5.89. The Morgan fingerprint density at radius 3 is 1.68 bits per heavy atom. The van der Waals surface area contributed by atoms with Gasteiger partial charge in [0, 0.05) is 11.1 Å². The van der Waals surface area contributed by atoms with Gasteiger partial charge < -0.3 is 5.32 Å². The van der Waals surface area contributed by atoms with Gasteiger partial charge in [0.2, 0.25) is 0 Å². The van der Waals surface area contributed by atoms with Crippen LogP contribution in [0.4, 0.5) is 0 Å². The number of hydrogen-bond donors (Lipinski definition) is 1. The predicted octanol–water partition coefficient (Wildman–Crippen LogP) is 5.83. The Balaban J connectivity index is 1.70. The standard InChI is InChI=1S/C23H32NP/c1-22(2)14-19(15-23(3,4)24-22)13-17-5-9-20(10-6-17)21-11-7-18(16-25)8-12-21/h5-12,19,24H,13-16,25H2,1-4H3. The third-order valence-corrected chi connectivity index (χ3v) is 5.75. The molecule has 25 heavy (non-hydrogen) atoms. The Hall–Kier alpha value is -1.17. The zero-order valence-electron chi connectivity index (χ0n) is 16.1. The van der Waals surface area contributed by atoms with Gasteiger partial charge >= 0.3 is 0 Å². The first-order valence-electron chi connectivity index (χ1n) is 9.44. The highest BCUT2D eigenvalue weighted by Crippen LogP contribution is 2.35. The zero-order valence-corrected chi connectivity index (χ0v) is 17.3. The highest BCUT2D eigenvalue weighted by Gasteiger charge is 2.37. The summed E-state index contributed by atoms with van der Waals surface area (Å²) in [7, 11) is 2.78. The summed E-state index contributed by atoms with van der Waals surface area (Å²) in [6.07, 6.45) is 4.69. The summed E-state index contributed by atoms with van der Waals surface area (Å²) in [5.74, 6) is 0.749. The second kappa shape index (κ2) is 7.22. The minimum atomic E-state index is 0.228. The van der Waals surface area contributed by atoms with E-state index in [1.807, 2.05) is 0 Å². The van der Waals surface area contributed by atoms with Crippen LogP contribution in [0.3, 0.4) is 0 Å². The van der Waals surface area contributed by atoms with Gasteiger partial charge in [-0.3, -0.25) is 0 Å². The number of benzene rings is 2. The average molecular weight is 353 g/mol. The quantitative estimate of drug-likeness (QED) is 0.682. The first-order valence-corrected chi connectivity index (χ1v) is 10.3. The van der Waals surface area contributed by atoms with Gasteiger partial charge in [0.05, 0.1) is 0 Å². The molecule has 1 N–H and O–H groups in total. The second-order valence-electron chi connectivity index (χ2n) is 8.97. The molecular weight excluding hydrogens is 321 g/mol. The van der Waals surface area contributed by atoms with Crippen molar-refractivity contribution in [3.8, 4) is 11.1 Å². The van der Waals surface area contributed by atoms with Crippen LogP contribution in [0.2, 0.25) is 0 Å². The molecule has 134 valence electrons. The van der Waals surface area contributed by atoms with Gasteiger partial charge in [-0.05, 0) is 81.3 Å². The maximum atomic E-state index is 3.79. The first kappa shape index (κ1) is 18.6. The molecule has 1 heterocycles. The number of piperidine rings is 1. The molecule has 1 atom stereocenters. The Bertz CT molecular complexity index is 682. The first-order chi connectivity index (χ1) is 11.8. The Kier molecular flexibility index (Phi) is 5.37. The summed E-state index contributed by atoms with van der Waals surface area (Å²) < 4.78 is 0. The maximum Gasteiger partial charge on any atom is 0.0132 e. The molecule has 2 aromatic rings. The summed E-state index contributed by atoms with van der Waals surface area (Å²) in [6.45, 7) is 9.34. The fraction of sp³-hybridized carbons (Fsp3) is 0.478. The van der Waals surface area contributed by atoms with Crippen molar-refractivity contribution in [2.24, 2.45) is 5.92 Å². The van der Waals surface area contributed by atoms with Gasteiger partial charge in [-0.2, -0.15) is 0 Å². The van der Waals surface area contributed by atoms with E-state index in [9.17, 15) is 0 Å². The molecule has 0 amide bonds. The molecule has 3 rings (SSSR count). The van der Waals surface area contributed by atoms with Crippen LogP contribution in [-0.2, 0) is 12.6 Å². The molecule has 0 saturated carbocycles. The second-order valence-corrected chi connectivity index (χ2v) is 9.38. The Morgan fingerprint density at radius 1 is 0.800 bits per heavy atom. The number of rotatable bonds is 4. The molecule has 0 radical (unpaired) electrons. The molecule has 0 aromatic heterocycles. The molecule has 1 unspecified atom stereocenters. The van der Waals surface area contributed by atoms with Gasteiger partial charge in [-0.15, -0.1) is 9.24 Å². The third-order valence-electron chi connectivity index (χ3n) is 5.28. The van der Waals surface area contributed by atoms with Crippen molar-refractivity contribution in [1.82, 2.24) is 5.32 Å². The Labute approximate surface area is 155 Å². The molecule has 0 bridgehead atoms. The van der Waals surface area contributed by atoms with Crippen molar-refractivity contribution in [1.29, 1.82) is 0 Å². The summed E-state index contributed by atoms with van der Waals surface area (Å²) in [5, 5.41) is 3.79. The highest BCUT2D eigenvalue weighted by molar-refractivity contribution is 7.15. The lowest BCUT2D eigenvalue weighted by Gasteiger charge is -2.46. The molecule has 0 spiro atoms. The van der Waals surface area contributed by atoms with E-state index in [4.69, 9.17) is 0 Å². The van der Waals surface area contributed by atoms with Crippen LogP contribution in [-0.4, -0.2) is 11.1 Å². The van der Waals surface area contributed by atoms with Crippen molar-refractivity contribution >= 4 is 9.24 Å². The monoisotopic (exact) mass is 353 g/mol. The minimum absolute atomic E-state index is 0.228. The van der Waals surface area contributed by atoms with Crippen molar-refractivity contribution in [2.75, 3.05) is 0 Å².